The van der Waals surface area contributed by atoms with Gasteiger partial charge in [-0.1, -0.05) is 12.1 Å². The highest BCUT2D eigenvalue weighted by Crippen LogP contribution is 2.35. The molecule has 5 N–H and O–H groups in total. The molecular formula is C16H16F3N3O3S. The molecule has 140 valence electrons. The second-order valence-corrected chi connectivity index (χ2v) is 7.02. The van der Waals surface area contributed by atoms with Crippen molar-refractivity contribution in [3.63, 3.8) is 0 Å². The van der Waals surface area contributed by atoms with Gasteiger partial charge in [0.05, 0.1) is 10.5 Å². The number of sulfonamides is 1. The smallest absolute Gasteiger partial charge is 0.385 e. The van der Waals surface area contributed by atoms with Crippen molar-refractivity contribution in [1.29, 1.82) is 0 Å². The average molecular weight is 387 g/mol. The number of nitrogens with one attached hydrogen (secondary N) is 1. The predicted molar refractivity (Wildman–Crippen MR) is 90.0 cm³/mol. The van der Waals surface area contributed by atoms with E-state index in [4.69, 9.17) is 10.9 Å². The molecule has 10 heteroatoms. The number of nitrogens with two attached hydrogens (primary N) is 2. The number of rotatable bonds is 6. The maximum absolute atomic E-state index is 13.1. The molecule has 2 aromatic carbocycles. The Morgan fingerprint density at radius 2 is 1.81 bits per heavy atom. The van der Waals surface area contributed by atoms with Crippen LogP contribution in [-0.4, -0.2) is 20.9 Å². The van der Waals surface area contributed by atoms with E-state index in [1.807, 2.05) is 0 Å². The lowest BCUT2D eigenvalue weighted by molar-refractivity contribution is -0.139. The van der Waals surface area contributed by atoms with Crippen molar-refractivity contribution in [1.82, 2.24) is 0 Å². The molecule has 2 aromatic rings. The second-order valence-electron chi connectivity index (χ2n) is 5.50. The molecule has 0 radical (unpaired) electrons. The van der Waals surface area contributed by atoms with Crippen molar-refractivity contribution in [2.75, 3.05) is 11.9 Å². The lowest BCUT2D eigenvalue weighted by Gasteiger charge is -2.14. The molecule has 0 aromatic heterocycles. The Bertz CT molecular complexity index is 928. The second kappa shape index (κ2) is 7.34. The Hall–Kier alpha value is -2.59. The van der Waals surface area contributed by atoms with Crippen LogP contribution in [0.1, 0.15) is 21.5 Å². The van der Waals surface area contributed by atoms with E-state index in [1.54, 1.807) is 24.3 Å². The highest BCUT2D eigenvalue weighted by Gasteiger charge is 2.36. The number of hydrogen-bond acceptors (Lipinski definition) is 4. The van der Waals surface area contributed by atoms with Crippen LogP contribution in [0.4, 0.5) is 18.9 Å². The average Bonchev–Trinajstić information content (AvgIpc) is 2.53. The van der Waals surface area contributed by atoms with Gasteiger partial charge in [-0.2, -0.15) is 13.2 Å². The van der Waals surface area contributed by atoms with Gasteiger partial charge in [-0.05, 0) is 42.3 Å². The first-order valence-electron chi connectivity index (χ1n) is 7.35. The van der Waals surface area contributed by atoms with Gasteiger partial charge in [-0.15, -0.1) is 0 Å². The predicted octanol–water partition coefficient (Wildman–Crippen LogP) is 2.11. The Morgan fingerprint density at radius 1 is 1.12 bits per heavy atom. The molecule has 0 bridgehead atoms. The number of hydrogen-bond donors (Lipinski definition) is 3. The third-order valence-electron chi connectivity index (χ3n) is 3.55. The molecule has 0 aliphatic heterocycles. The molecule has 0 fully saturated rings. The number of halogens is 3. The molecule has 0 heterocycles. The van der Waals surface area contributed by atoms with Gasteiger partial charge in [0.15, 0.2) is 0 Å². The third kappa shape index (κ3) is 4.96. The molecule has 6 nitrogen and oxygen atoms in total. The van der Waals surface area contributed by atoms with E-state index in [1.165, 1.54) is 6.07 Å². The number of benzene rings is 2. The molecule has 0 aliphatic rings. The fourth-order valence-corrected chi connectivity index (χ4v) is 3.08. The van der Waals surface area contributed by atoms with E-state index in [0.717, 1.165) is 11.6 Å². The third-order valence-corrected chi connectivity index (χ3v) is 4.51. The monoisotopic (exact) mass is 387 g/mol. The van der Waals surface area contributed by atoms with Crippen molar-refractivity contribution >= 4 is 21.6 Å². The number of carbonyl (C=O) groups is 1. The van der Waals surface area contributed by atoms with E-state index in [9.17, 15) is 26.4 Å². The summed E-state index contributed by atoms with van der Waals surface area (Å²) in [6.07, 6.45) is -4.45. The summed E-state index contributed by atoms with van der Waals surface area (Å²) in [6, 6.07) is 9.26. The molecule has 2 rings (SSSR count). The number of primary amides is 1. The van der Waals surface area contributed by atoms with Crippen molar-refractivity contribution in [3.05, 3.63) is 59.2 Å². The minimum absolute atomic E-state index is 0.0933. The lowest BCUT2D eigenvalue weighted by Crippen LogP contribution is -2.19. The maximum atomic E-state index is 13.1. The van der Waals surface area contributed by atoms with Gasteiger partial charge in [0.2, 0.25) is 15.9 Å². The maximum Gasteiger partial charge on any atom is 0.417 e. The topological polar surface area (TPSA) is 115 Å². The highest BCUT2D eigenvalue weighted by molar-refractivity contribution is 7.89. The van der Waals surface area contributed by atoms with Crippen LogP contribution >= 0.6 is 0 Å². The summed E-state index contributed by atoms with van der Waals surface area (Å²) >= 11 is 0. The van der Waals surface area contributed by atoms with Gasteiger partial charge in [0, 0.05) is 17.8 Å². The Kier molecular flexibility index (Phi) is 5.57. The Balaban J connectivity index is 2.16. The van der Waals surface area contributed by atoms with Gasteiger partial charge in [-0.25, -0.2) is 13.6 Å². The van der Waals surface area contributed by atoms with E-state index in [0.29, 0.717) is 18.1 Å². The van der Waals surface area contributed by atoms with E-state index in [2.05, 4.69) is 5.32 Å². The number of amides is 1. The molecule has 0 saturated carbocycles. The largest absolute Gasteiger partial charge is 0.417 e. The molecule has 0 atom stereocenters. The minimum Gasteiger partial charge on any atom is -0.385 e. The van der Waals surface area contributed by atoms with Crippen LogP contribution in [0.3, 0.4) is 0 Å². The summed E-state index contributed by atoms with van der Waals surface area (Å²) in [6.45, 7) is 0.258. The van der Waals surface area contributed by atoms with Gasteiger partial charge >= 0.3 is 6.18 Å². The summed E-state index contributed by atoms with van der Waals surface area (Å²) in [4.78, 5) is 10.2. The summed E-state index contributed by atoms with van der Waals surface area (Å²) in [5, 5.41) is 7.61. The summed E-state index contributed by atoms with van der Waals surface area (Å²) in [5.41, 5.74) is 5.05. The quantitative estimate of drug-likeness (QED) is 0.704. The minimum atomic E-state index is -4.87. The fraction of sp³-hybridized carbons (Fsp3) is 0.188. The number of alkyl halides is 3. The van der Waals surface area contributed by atoms with Crippen molar-refractivity contribution in [3.8, 4) is 0 Å². The Morgan fingerprint density at radius 3 is 2.38 bits per heavy atom. The number of carbonyl (C=O) groups excluding carboxylic acids is 1. The zero-order valence-corrected chi connectivity index (χ0v) is 14.2. The van der Waals surface area contributed by atoms with Gasteiger partial charge in [0.25, 0.3) is 0 Å². The number of primary sulfonamides is 1. The van der Waals surface area contributed by atoms with Gasteiger partial charge in [0.1, 0.15) is 0 Å². The van der Waals surface area contributed by atoms with Crippen LogP contribution < -0.4 is 16.2 Å². The first kappa shape index (κ1) is 19.7. The van der Waals surface area contributed by atoms with Gasteiger partial charge in [-0.3, -0.25) is 4.79 Å². The molecule has 1 amide bonds. The molecule has 0 aliphatic carbocycles. The zero-order valence-electron chi connectivity index (χ0n) is 13.4. The van der Waals surface area contributed by atoms with Crippen LogP contribution in [-0.2, 0) is 22.6 Å². The molecule has 26 heavy (non-hydrogen) atoms. The molecular weight excluding hydrogens is 371 g/mol. The van der Waals surface area contributed by atoms with E-state index < -0.39 is 32.6 Å². The SMILES string of the molecule is NC(=O)c1cccc(CCNc2ccc(S(N)(=O)=O)c(C(F)(F)F)c2)c1. The van der Waals surface area contributed by atoms with Gasteiger partial charge < -0.3 is 11.1 Å². The number of anilines is 1. The van der Waals surface area contributed by atoms with Crippen LogP contribution in [0, 0.1) is 0 Å². The summed E-state index contributed by atoms with van der Waals surface area (Å²) in [5.74, 6) is -0.576. The Labute approximate surface area is 148 Å². The van der Waals surface area contributed by atoms with Crippen LogP contribution in [0.15, 0.2) is 47.4 Å². The molecule has 0 saturated heterocycles. The lowest BCUT2D eigenvalue weighted by atomic mass is 10.1. The van der Waals surface area contributed by atoms with Crippen LogP contribution in [0.25, 0.3) is 0 Å². The summed E-state index contributed by atoms with van der Waals surface area (Å²) < 4.78 is 61.9. The van der Waals surface area contributed by atoms with E-state index >= 15 is 0 Å². The molecule has 0 unspecified atom stereocenters. The normalized spacial score (nSPS) is 12.0. The van der Waals surface area contributed by atoms with Crippen molar-refractivity contribution < 1.29 is 26.4 Å². The molecule has 0 spiro atoms. The van der Waals surface area contributed by atoms with E-state index in [-0.39, 0.29) is 12.2 Å². The van der Waals surface area contributed by atoms with Crippen molar-refractivity contribution in [2.24, 2.45) is 10.9 Å². The highest BCUT2D eigenvalue weighted by atomic mass is 32.2. The van der Waals surface area contributed by atoms with Crippen molar-refractivity contribution in [2.45, 2.75) is 17.5 Å². The first-order valence-corrected chi connectivity index (χ1v) is 8.90. The summed E-state index contributed by atoms with van der Waals surface area (Å²) in [7, 11) is -4.50. The fourth-order valence-electron chi connectivity index (χ4n) is 2.34. The zero-order chi connectivity index (χ0) is 19.5. The van der Waals surface area contributed by atoms with Crippen LogP contribution in [0.2, 0.25) is 0 Å². The van der Waals surface area contributed by atoms with Crippen LogP contribution in [0.5, 0.6) is 0 Å². The standard InChI is InChI=1S/C16H16F3N3O3S/c17-16(18,19)13-9-12(4-5-14(13)26(21,24)25)22-7-6-10-2-1-3-11(8-10)15(20)23/h1-5,8-9,22H,6-7H2,(H2,20,23)(H2,21,24,25). The first-order chi connectivity index (χ1) is 12.0.